The van der Waals surface area contributed by atoms with Crippen molar-refractivity contribution in [2.45, 2.75) is 6.92 Å². The van der Waals surface area contributed by atoms with E-state index in [0.717, 1.165) is 0 Å². The molecular weight excluding hydrogens is 352 g/mol. The zero-order valence-corrected chi connectivity index (χ0v) is 14.0. The largest absolute Gasteiger partial charge is 0.342 e. The van der Waals surface area contributed by atoms with E-state index in [2.05, 4.69) is 15.3 Å². The molecule has 0 aliphatic heterocycles. The molecule has 0 saturated heterocycles. The Morgan fingerprint density at radius 3 is 2.58 bits per heavy atom. The highest BCUT2D eigenvalue weighted by molar-refractivity contribution is 6.42. The molecule has 0 saturated carbocycles. The molecule has 2 N–H and O–H groups in total. The van der Waals surface area contributed by atoms with Crippen LogP contribution in [0.3, 0.4) is 0 Å². The van der Waals surface area contributed by atoms with Gasteiger partial charge in [-0.15, -0.1) is 0 Å². The normalized spacial score (nSPS) is 10.7. The first-order valence-electron chi connectivity index (χ1n) is 7.02. The summed E-state index contributed by atoms with van der Waals surface area (Å²) in [6, 6.07) is 8.97. The van der Waals surface area contributed by atoms with E-state index in [1.807, 2.05) is 0 Å². The number of carbonyl (C=O) groups excluding carboxylic acids is 1. The standard InChI is InChI=1S/C17H12Cl2FN3O/c1-9-21-8-16(22-9)12-4-3-11(7-15(12)20)23-17(24)10-2-5-13(18)14(19)6-10/h2-8H,1H3,(H,21,22)(H,23,24). The lowest BCUT2D eigenvalue weighted by Gasteiger charge is -2.08. The maximum Gasteiger partial charge on any atom is 0.255 e. The predicted molar refractivity (Wildman–Crippen MR) is 93.1 cm³/mol. The number of halogens is 3. The molecule has 0 atom stereocenters. The number of H-pyrrole nitrogens is 1. The van der Waals surface area contributed by atoms with E-state index in [4.69, 9.17) is 23.2 Å². The van der Waals surface area contributed by atoms with Gasteiger partial charge in [-0.05, 0) is 43.3 Å². The molecule has 2 aromatic carbocycles. The summed E-state index contributed by atoms with van der Waals surface area (Å²) in [5, 5.41) is 3.26. The van der Waals surface area contributed by atoms with Crippen LogP contribution in [0.5, 0.6) is 0 Å². The molecule has 0 spiro atoms. The van der Waals surface area contributed by atoms with Gasteiger partial charge in [0.05, 0.1) is 21.9 Å². The molecule has 0 radical (unpaired) electrons. The maximum atomic E-state index is 14.3. The Morgan fingerprint density at radius 1 is 1.17 bits per heavy atom. The van der Waals surface area contributed by atoms with Gasteiger partial charge in [0.15, 0.2) is 0 Å². The molecule has 24 heavy (non-hydrogen) atoms. The van der Waals surface area contributed by atoms with E-state index in [1.165, 1.54) is 18.2 Å². The van der Waals surface area contributed by atoms with Gasteiger partial charge in [0, 0.05) is 16.8 Å². The Bertz CT molecular complexity index is 924. The van der Waals surface area contributed by atoms with E-state index in [0.29, 0.717) is 33.4 Å². The monoisotopic (exact) mass is 363 g/mol. The number of nitrogens with zero attached hydrogens (tertiary/aromatic N) is 1. The average Bonchev–Trinajstić information content (AvgIpc) is 2.96. The summed E-state index contributed by atoms with van der Waals surface area (Å²) in [5.74, 6) is -0.176. The molecule has 3 aromatic rings. The topological polar surface area (TPSA) is 57.8 Å². The number of nitrogens with one attached hydrogen (secondary N) is 2. The predicted octanol–water partition coefficient (Wildman–Crippen LogP) is 5.08. The number of aromatic nitrogens is 2. The highest BCUT2D eigenvalue weighted by Crippen LogP contribution is 2.25. The van der Waals surface area contributed by atoms with Gasteiger partial charge in [-0.2, -0.15) is 0 Å². The van der Waals surface area contributed by atoms with Gasteiger partial charge in [0.2, 0.25) is 0 Å². The number of carbonyl (C=O) groups is 1. The summed E-state index contributed by atoms with van der Waals surface area (Å²) in [4.78, 5) is 19.2. The molecule has 7 heteroatoms. The third-order valence-corrected chi connectivity index (χ3v) is 4.14. The van der Waals surface area contributed by atoms with Crippen LogP contribution in [0, 0.1) is 12.7 Å². The van der Waals surface area contributed by atoms with Gasteiger partial charge in [-0.1, -0.05) is 23.2 Å². The second-order valence-electron chi connectivity index (χ2n) is 5.16. The first kappa shape index (κ1) is 16.5. The summed E-state index contributed by atoms with van der Waals surface area (Å²) >= 11 is 11.7. The summed E-state index contributed by atoms with van der Waals surface area (Å²) in [5.41, 5.74) is 1.62. The number of imidazole rings is 1. The number of aromatic amines is 1. The molecule has 3 rings (SSSR count). The number of rotatable bonds is 3. The Balaban J connectivity index is 1.81. The maximum absolute atomic E-state index is 14.3. The van der Waals surface area contributed by atoms with Crippen molar-refractivity contribution in [1.29, 1.82) is 0 Å². The molecule has 0 fully saturated rings. The van der Waals surface area contributed by atoms with E-state index in [1.54, 1.807) is 31.3 Å². The van der Waals surface area contributed by atoms with Crippen molar-refractivity contribution >= 4 is 34.8 Å². The first-order valence-corrected chi connectivity index (χ1v) is 7.77. The zero-order valence-electron chi connectivity index (χ0n) is 12.5. The van der Waals surface area contributed by atoms with Crippen LogP contribution in [-0.4, -0.2) is 15.9 Å². The van der Waals surface area contributed by atoms with E-state index in [9.17, 15) is 9.18 Å². The summed E-state index contributed by atoms with van der Waals surface area (Å²) in [6.45, 7) is 1.78. The molecule has 0 aliphatic carbocycles. The van der Waals surface area contributed by atoms with Crippen molar-refractivity contribution in [2.75, 3.05) is 5.32 Å². The second-order valence-corrected chi connectivity index (χ2v) is 5.97. The Hall–Kier alpha value is -2.37. The van der Waals surface area contributed by atoms with Crippen LogP contribution in [0.25, 0.3) is 11.3 Å². The molecule has 4 nitrogen and oxygen atoms in total. The highest BCUT2D eigenvalue weighted by atomic mass is 35.5. The summed E-state index contributed by atoms with van der Waals surface area (Å²) in [6.07, 6.45) is 1.56. The van der Waals surface area contributed by atoms with E-state index in [-0.39, 0.29) is 5.02 Å². The van der Waals surface area contributed by atoms with Gasteiger partial charge >= 0.3 is 0 Å². The van der Waals surface area contributed by atoms with Crippen LogP contribution >= 0.6 is 23.2 Å². The SMILES string of the molecule is Cc1ncc(-c2ccc(NC(=O)c3ccc(Cl)c(Cl)c3)cc2F)[nH]1. The van der Waals surface area contributed by atoms with Gasteiger partial charge in [0.1, 0.15) is 11.6 Å². The van der Waals surface area contributed by atoms with Crippen LogP contribution in [0.4, 0.5) is 10.1 Å². The zero-order chi connectivity index (χ0) is 17.3. The minimum absolute atomic E-state index is 0.278. The fraction of sp³-hybridized carbons (Fsp3) is 0.0588. The second kappa shape index (κ2) is 6.63. The van der Waals surface area contributed by atoms with Crippen molar-refractivity contribution in [1.82, 2.24) is 9.97 Å². The molecule has 0 aliphatic rings. The van der Waals surface area contributed by atoms with Crippen molar-refractivity contribution < 1.29 is 9.18 Å². The van der Waals surface area contributed by atoms with Crippen LogP contribution in [0.15, 0.2) is 42.6 Å². The molecule has 1 amide bonds. The quantitative estimate of drug-likeness (QED) is 0.681. The smallest absolute Gasteiger partial charge is 0.255 e. The summed E-state index contributed by atoms with van der Waals surface area (Å²) < 4.78 is 14.3. The van der Waals surface area contributed by atoms with E-state index >= 15 is 0 Å². The molecule has 1 aromatic heterocycles. The lowest BCUT2D eigenvalue weighted by Crippen LogP contribution is -2.12. The lowest BCUT2D eigenvalue weighted by molar-refractivity contribution is 0.102. The molecular formula is C17H12Cl2FN3O. The van der Waals surface area contributed by atoms with Crippen molar-refractivity contribution in [3.05, 3.63) is 69.8 Å². The minimum Gasteiger partial charge on any atom is -0.342 e. The fourth-order valence-corrected chi connectivity index (χ4v) is 2.51. The number of benzene rings is 2. The van der Waals surface area contributed by atoms with Crippen LogP contribution in [0.1, 0.15) is 16.2 Å². The number of hydrogen-bond donors (Lipinski definition) is 2. The van der Waals surface area contributed by atoms with Gasteiger partial charge in [-0.3, -0.25) is 4.79 Å². The Kier molecular flexibility index (Phi) is 4.55. The lowest BCUT2D eigenvalue weighted by atomic mass is 10.1. The van der Waals surface area contributed by atoms with Gasteiger partial charge in [0.25, 0.3) is 5.91 Å². The minimum atomic E-state index is -0.467. The molecule has 1 heterocycles. The Labute approximate surface area is 147 Å². The number of aryl methyl sites for hydroxylation is 1. The number of hydrogen-bond acceptors (Lipinski definition) is 2. The number of anilines is 1. The average molecular weight is 364 g/mol. The van der Waals surface area contributed by atoms with Crippen LogP contribution in [0.2, 0.25) is 10.0 Å². The van der Waals surface area contributed by atoms with Crippen molar-refractivity contribution in [3.8, 4) is 11.3 Å². The third kappa shape index (κ3) is 3.42. The highest BCUT2D eigenvalue weighted by Gasteiger charge is 2.12. The van der Waals surface area contributed by atoms with Crippen molar-refractivity contribution in [3.63, 3.8) is 0 Å². The van der Waals surface area contributed by atoms with Crippen LogP contribution < -0.4 is 5.32 Å². The van der Waals surface area contributed by atoms with Crippen molar-refractivity contribution in [2.24, 2.45) is 0 Å². The third-order valence-electron chi connectivity index (χ3n) is 3.40. The van der Waals surface area contributed by atoms with Gasteiger partial charge < -0.3 is 10.3 Å². The molecule has 0 unspecified atom stereocenters. The van der Waals surface area contributed by atoms with Gasteiger partial charge in [-0.25, -0.2) is 9.37 Å². The fourth-order valence-electron chi connectivity index (χ4n) is 2.21. The van der Waals surface area contributed by atoms with Crippen LogP contribution in [-0.2, 0) is 0 Å². The first-order chi connectivity index (χ1) is 11.4. The summed E-state index contributed by atoms with van der Waals surface area (Å²) in [7, 11) is 0. The Morgan fingerprint density at radius 2 is 1.96 bits per heavy atom. The molecule has 122 valence electrons. The number of amides is 1. The van der Waals surface area contributed by atoms with E-state index < -0.39 is 11.7 Å². The molecule has 0 bridgehead atoms.